The van der Waals surface area contributed by atoms with E-state index < -0.39 is 5.97 Å². The van der Waals surface area contributed by atoms with Crippen molar-refractivity contribution in [3.05, 3.63) is 0 Å². The molecule has 0 spiro atoms. The molecule has 1 saturated heterocycles. The highest BCUT2D eigenvalue weighted by atomic mass is 127. The normalized spacial score (nSPS) is 28.7. The predicted octanol–water partition coefficient (Wildman–Crippen LogP) is 1.32. The van der Waals surface area contributed by atoms with Crippen molar-refractivity contribution in [2.45, 2.75) is 29.9 Å². The zero-order valence-electron chi connectivity index (χ0n) is 6.46. The minimum absolute atomic E-state index is 0.234. The molecule has 11 heavy (non-hydrogen) atoms. The molecule has 0 saturated carbocycles. The fourth-order valence-corrected chi connectivity index (χ4v) is 2.15. The molecule has 4 heteroatoms. The fraction of sp³-hybridized carbons (Fsp3) is 0.857. The van der Waals surface area contributed by atoms with Gasteiger partial charge in [0.05, 0.1) is 4.05 Å². The Hall–Kier alpha value is 0.160. The van der Waals surface area contributed by atoms with Crippen LogP contribution in [0.4, 0.5) is 0 Å². The second kappa shape index (κ2) is 3.71. The van der Waals surface area contributed by atoms with Crippen LogP contribution in [-0.2, 0) is 4.79 Å². The van der Waals surface area contributed by atoms with Gasteiger partial charge in [-0.3, -0.25) is 9.69 Å². The van der Waals surface area contributed by atoms with Crippen LogP contribution in [0.1, 0.15) is 19.8 Å². The van der Waals surface area contributed by atoms with Gasteiger partial charge in [0.25, 0.3) is 0 Å². The van der Waals surface area contributed by atoms with E-state index in [1.165, 1.54) is 0 Å². The molecule has 1 aliphatic rings. The van der Waals surface area contributed by atoms with Crippen molar-refractivity contribution < 1.29 is 9.90 Å². The van der Waals surface area contributed by atoms with Crippen molar-refractivity contribution in [3.63, 3.8) is 0 Å². The molecule has 0 amide bonds. The third-order valence-corrected chi connectivity index (χ3v) is 2.75. The molecule has 0 radical (unpaired) electrons. The lowest BCUT2D eigenvalue weighted by Crippen LogP contribution is -2.39. The minimum Gasteiger partial charge on any atom is -0.480 e. The van der Waals surface area contributed by atoms with E-state index in [1.807, 2.05) is 11.8 Å². The maximum absolute atomic E-state index is 10.7. The van der Waals surface area contributed by atoms with E-state index in [0.29, 0.717) is 4.05 Å². The van der Waals surface area contributed by atoms with Gasteiger partial charge in [-0.25, -0.2) is 0 Å². The van der Waals surface area contributed by atoms with Crippen LogP contribution in [0.2, 0.25) is 0 Å². The third kappa shape index (κ3) is 2.05. The van der Waals surface area contributed by atoms with E-state index in [9.17, 15) is 4.79 Å². The average molecular weight is 269 g/mol. The van der Waals surface area contributed by atoms with Crippen LogP contribution >= 0.6 is 22.6 Å². The van der Waals surface area contributed by atoms with Crippen molar-refractivity contribution in [2.75, 3.05) is 6.54 Å². The van der Waals surface area contributed by atoms with Crippen LogP contribution in [0.25, 0.3) is 0 Å². The van der Waals surface area contributed by atoms with Crippen molar-refractivity contribution in [1.29, 1.82) is 0 Å². The Morgan fingerprint density at radius 2 is 2.45 bits per heavy atom. The lowest BCUT2D eigenvalue weighted by atomic mass is 10.2. The summed E-state index contributed by atoms with van der Waals surface area (Å²) in [6.45, 7) is 2.96. The first-order valence-corrected chi connectivity index (χ1v) is 5.00. The van der Waals surface area contributed by atoms with Gasteiger partial charge in [-0.1, -0.05) is 22.6 Å². The maximum atomic E-state index is 10.7. The topological polar surface area (TPSA) is 40.5 Å². The average Bonchev–Trinajstić information content (AvgIpc) is 2.32. The van der Waals surface area contributed by atoms with E-state index in [0.717, 1.165) is 19.4 Å². The molecule has 0 aromatic heterocycles. The highest BCUT2D eigenvalue weighted by molar-refractivity contribution is 14.1. The highest BCUT2D eigenvalue weighted by Crippen LogP contribution is 2.22. The van der Waals surface area contributed by atoms with Gasteiger partial charge in [0.15, 0.2) is 0 Å². The molecular weight excluding hydrogens is 257 g/mol. The molecule has 0 aliphatic carbocycles. The maximum Gasteiger partial charge on any atom is 0.320 e. The smallest absolute Gasteiger partial charge is 0.320 e. The van der Waals surface area contributed by atoms with E-state index in [4.69, 9.17) is 5.11 Å². The van der Waals surface area contributed by atoms with Gasteiger partial charge in [0.2, 0.25) is 0 Å². The van der Waals surface area contributed by atoms with Gasteiger partial charge in [0.1, 0.15) is 6.04 Å². The van der Waals surface area contributed by atoms with Crippen LogP contribution < -0.4 is 0 Å². The third-order valence-electron chi connectivity index (χ3n) is 2.04. The number of halogens is 1. The van der Waals surface area contributed by atoms with Gasteiger partial charge in [0, 0.05) is 6.54 Å². The van der Waals surface area contributed by atoms with Gasteiger partial charge >= 0.3 is 5.97 Å². The molecule has 1 N–H and O–H groups in total. The van der Waals surface area contributed by atoms with Crippen molar-refractivity contribution >= 4 is 28.6 Å². The van der Waals surface area contributed by atoms with Crippen molar-refractivity contribution in [1.82, 2.24) is 4.90 Å². The Morgan fingerprint density at radius 1 is 1.82 bits per heavy atom. The number of carboxylic acid groups (broad SMARTS) is 1. The first kappa shape index (κ1) is 9.25. The molecule has 1 rings (SSSR count). The summed E-state index contributed by atoms with van der Waals surface area (Å²) in [4.78, 5) is 12.7. The highest BCUT2D eigenvalue weighted by Gasteiger charge is 2.32. The Balaban J connectivity index is 2.58. The molecule has 2 atom stereocenters. The van der Waals surface area contributed by atoms with Crippen LogP contribution in [0, 0.1) is 0 Å². The number of aliphatic carboxylic acids is 1. The van der Waals surface area contributed by atoms with Crippen LogP contribution in [0.5, 0.6) is 0 Å². The number of hydrogen-bond acceptors (Lipinski definition) is 2. The fourth-order valence-electron chi connectivity index (χ4n) is 1.48. The molecule has 1 fully saturated rings. The van der Waals surface area contributed by atoms with Crippen molar-refractivity contribution in [2.24, 2.45) is 0 Å². The molecule has 1 aliphatic heterocycles. The molecule has 3 nitrogen and oxygen atoms in total. The Morgan fingerprint density at radius 3 is 2.82 bits per heavy atom. The lowest BCUT2D eigenvalue weighted by molar-refractivity contribution is -0.142. The first-order chi connectivity index (χ1) is 5.13. The summed E-state index contributed by atoms with van der Waals surface area (Å²) in [5, 5.41) is 8.79. The number of rotatable bonds is 2. The summed E-state index contributed by atoms with van der Waals surface area (Å²) in [6.07, 6.45) is 1.83. The summed E-state index contributed by atoms with van der Waals surface area (Å²) in [7, 11) is 0. The molecule has 0 aromatic carbocycles. The SMILES string of the molecule is CC(I)N1CCCC1C(=O)O. The van der Waals surface area contributed by atoms with Gasteiger partial charge in [-0.2, -0.15) is 0 Å². The van der Waals surface area contributed by atoms with Gasteiger partial charge in [-0.05, 0) is 19.8 Å². The van der Waals surface area contributed by atoms with E-state index in [1.54, 1.807) is 0 Å². The largest absolute Gasteiger partial charge is 0.480 e. The molecule has 0 aromatic rings. The van der Waals surface area contributed by atoms with Crippen LogP contribution in [-0.4, -0.2) is 32.6 Å². The number of carboxylic acids is 1. The number of alkyl halides is 1. The monoisotopic (exact) mass is 269 g/mol. The van der Waals surface area contributed by atoms with Gasteiger partial charge in [-0.15, -0.1) is 0 Å². The van der Waals surface area contributed by atoms with E-state index in [2.05, 4.69) is 22.6 Å². The second-order valence-electron chi connectivity index (χ2n) is 2.81. The van der Waals surface area contributed by atoms with Crippen LogP contribution in [0.15, 0.2) is 0 Å². The lowest BCUT2D eigenvalue weighted by Gasteiger charge is -2.23. The Bertz CT molecular complexity index is 161. The first-order valence-electron chi connectivity index (χ1n) is 3.75. The summed E-state index contributed by atoms with van der Waals surface area (Å²) in [5.74, 6) is -0.675. The van der Waals surface area contributed by atoms with E-state index >= 15 is 0 Å². The minimum atomic E-state index is -0.675. The number of hydrogen-bond donors (Lipinski definition) is 1. The zero-order valence-corrected chi connectivity index (χ0v) is 8.61. The summed E-state index contributed by atoms with van der Waals surface area (Å²) < 4.78 is 0.330. The second-order valence-corrected chi connectivity index (χ2v) is 4.61. The number of nitrogens with zero attached hydrogens (tertiary/aromatic N) is 1. The Labute approximate surface area is 79.9 Å². The molecular formula is C7H12INO2. The predicted molar refractivity (Wildman–Crippen MR) is 50.8 cm³/mol. The number of carbonyl (C=O) groups is 1. The zero-order chi connectivity index (χ0) is 8.43. The molecule has 2 unspecified atom stereocenters. The number of likely N-dealkylation sites (tertiary alicyclic amines) is 1. The molecule has 0 bridgehead atoms. The summed E-state index contributed by atoms with van der Waals surface area (Å²) in [6, 6.07) is -0.234. The van der Waals surface area contributed by atoms with Crippen LogP contribution in [0.3, 0.4) is 0 Å². The summed E-state index contributed by atoms with van der Waals surface area (Å²) in [5.41, 5.74) is 0. The molecule has 1 heterocycles. The molecule has 64 valence electrons. The summed E-state index contributed by atoms with van der Waals surface area (Å²) >= 11 is 2.26. The standard InChI is InChI=1S/C7H12INO2/c1-5(8)9-4-2-3-6(9)7(10)11/h5-6H,2-4H2,1H3,(H,10,11). The Kier molecular flexibility index (Phi) is 3.12. The van der Waals surface area contributed by atoms with E-state index in [-0.39, 0.29) is 6.04 Å². The van der Waals surface area contributed by atoms with Gasteiger partial charge < -0.3 is 5.11 Å². The van der Waals surface area contributed by atoms with Crippen molar-refractivity contribution in [3.8, 4) is 0 Å². The quantitative estimate of drug-likeness (QED) is 0.467.